The summed E-state index contributed by atoms with van der Waals surface area (Å²) in [5.41, 5.74) is 1.69. The Balaban J connectivity index is 1.89. The number of aryl methyl sites for hydroxylation is 1. The fourth-order valence-corrected chi connectivity index (χ4v) is 2.93. The summed E-state index contributed by atoms with van der Waals surface area (Å²) in [6.45, 7) is 1.78. The van der Waals surface area contributed by atoms with Crippen LogP contribution < -0.4 is 10.9 Å². The van der Waals surface area contributed by atoms with Gasteiger partial charge in [0, 0.05) is 10.7 Å². The highest BCUT2D eigenvalue weighted by molar-refractivity contribution is 6.38. The highest BCUT2D eigenvalue weighted by Crippen LogP contribution is 2.23. The highest BCUT2D eigenvalue weighted by atomic mass is 35.5. The third-order valence-electron chi connectivity index (χ3n) is 3.46. The number of amides is 1. The molecule has 3 aromatic rings. The molecule has 1 N–H and O–H groups in total. The number of hydrogen-bond donors (Lipinski definition) is 1. The summed E-state index contributed by atoms with van der Waals surface area (Å²) < 4.78 is 1.22. The summed E-state index contributed by atoms with van der Waals surface area (Å²) in [4.78, 5) is 28.8. The number of rotatable bonds is 3. The van der Waals surface area contributed by atoms with Crippen LogP contribution in [0, 0.1) is 6.92 Å². The Hall–Kier alpha value is -2.37. The highest BCUT2D eigenvalue weighted by Gasteiger charge is 2.11. The molecule has 0 fully saturated rings. The van der Waals surface area contributed by atoms with Gasteiger partial charge in [0.25, 0.3) is 5.56 Å². The van der Waals surface area contributed by atoms with Crippen LogP contribution in [0.25, 0.3) is 10.9 Å². The van der Waals surface area contributed by atoms with Crippen LogP contribution in [0.3, 0.4) is 0 Å². The maximum absolute atomic E-state index is 12.5. The largest absolute Gasteiger partial charge is 0.325 e. The van der Waals surface area contributed by atoms with Gasteiger partial charge in [0.2, 0.25) is 5.91 Å². The van der Waals surface area contributed by atoms with Crippen molar-refractivity contribution in [2.24, 2.45) is 0 Å². The number of nitrogens with zero attached hydrogens (tertiary/aromatic N) is 2. The summed E-state index contributed by atoms with van der Waals surface area (Å²) in [6, 6.07) is 10.4. The second-order valence-electron chi connectivity index (χ2n) is 5.38. The minimum absolute atomic E-state index is 0.153. The zero-order chi connectivity index (χ0) is 17.3. The number of halogens is 2. The minimum Gasteiger partial charge on any atom is -0.325 e. The summed E-state index contributed by atoms with van der Waals surface area (Å²) in [5, 5.41) is 3.67. The first-order valence-corrected chi connectivity index (χ1v) is 7.90. The second-order valence-corrected chi connectivity index (χ2v) is 6.22. The van der Waals surface area contributed by atoms with E-state index in [1.54, 1.807) is 6.07 Å². The number of hydrogen-bond acceptors (Lipinski definition) is 3. The molecule has 0 radical (unpaired) electrons. The van der Waals surface area contributed by atoms with Crippen LogP contribution >= 0.6 is 23.2 Å². The molecule has 2 aromatic carbocycles. The summed E-state index contributed by atoms with van der Waals surface area (Å²) in [6.07, 6.45) is 1.31. The van der Waals surface area contributed by atoms with Gasteiger partial charge in [-0.1, -0.05) is 35.3 Å². The molecule has 7 heteroatoms. The van der Waals surface area contributed by atoms with Gasteiger partial charge in [-0.3, -0.25) is 14.2 Å². The van der Waals surface area contributed by atoms with Gasteiger partial charge in [0.15, 0.2) is 0 Å². The summed E-state index contributed by atoms with van der Waals surface area (Å²) >= 11 is 12.0. The molecule has 0 aliphatic rings. The van der Waals surface area contributed by atoms with Crippen LogP contribution in [-0.4, -0.2) is 15.5 Å². The number of anilines is 1. The lowest BCUT2D eigenvalue weighted by molar-refractivity contribution is -0.116. The van der Waals surface area contributed by atoms with Crippen molar-refractivity contribution in [1.29, 1.82) is 0 Å². The van der Waals surface area contributed by atoms with E-state index in [-0.39, 0.29) is 23.4 Å². The van der Waals surface area contributed by atoms with Crippen molar-refractivity contribution in [1.82, 2.24) is 9.55 Å². The fourth-order valence-electron chi connectivity index (χ4n) is 2.39. The molecule has 24 heavy (non-hydrogen) atoms. The van der Waals surface area contributed by atoms with Crippen LogP contribution in [0.5, 0.6) is 0 Å². The van der Waals surface area contributed by atoms with Gasteiger partial charge in [-0.05, 0) is 36.8 Å². The molecule has 0 saturated carbocycles. The van der Waals surface area contributed by atoms with Crippen molar-refractivity contribution in [3.63, 3.8) is 0 Å². The molecular formula is C17H13Cl2N3O2. The molecule has 122 valence electrons. The zero-order valence-corrected chi connectivity index (χ0v) is 14.2. The molecule has 0 aliphatic carbocycles. The SMILES string of the molecule is Cc1cccc(NC(=O)Cn2cnc3c(Cl)cc(Cl)cc3c2=O)c1. The molecule has 1 heterocycles. The van der Waals surface area contributed by atoms with Crippen molar-refractivity contribution in [3.8, 4) is 0 Å². The van der Waals surface area contributed by atoms with Gasteiger partial charge in [-0.15, -0.1) is 0 Å². The van der Waals surface area contributed by atoms with Gasteiger partial charge in [-0.25, -0.2) is 4.98 Å². The molecule has 0 saturated heterocycles. The van der Waals surface area contributed by atoms with Crippen molar-refractivity contribution >= 4 is 45.7 Å². The van der Waals surface area contributed by atoms with E-state index in [1.165, 1.54) is 23.0 Å². The van der Waals surface area contributed by atoms with E-state index in [4.69, 9.17) is 23.2 Å². The van der Waals surface area contributed by atoms with E-state index in [9.17, 15) is 9.59 Å². The van der Waals surface area contributed by atoms with E-state index < -0.39 is 0 Å². The van der Waals surface area contributed by atoms with Crippen molar-refractivity contribution in [2.75, 3.05) is 5.32 Å². The van der Waals surface area contributed by atoms with Gasteiger partial charge < -0.3 is 5.32 Å². The van der Waals surface area contributed by atoms with Gasteiger partial charge in [0.05, 0.1) is 22.3 Å². The maximum atomic E-state index is 12.5. The molecule has 5 nitrogen and oxygen atoms in total. The first-order valence-electron chi connectivity index (χ1n) is 7.15. The van der Waals surface area contributed by atoms with Crippen LogP contribution in [0.2, 0.25) is 10.0 Å². The molecule has 1 amide bonds. The quantitative estimate of drug-likeness (QED) is 0.774. The molecule has 0 spiro atoms. The first kappa shape index (κ1) is 16.5. The third kappa shape index (κ3) is 3.42. The van der Waals surface area contributed by atoms with Crippen LogP contribution in [0.1, 0.15) is 5.56 Å². The van der Waals surface area contributed by atoms with E-state index in [0.717, 1.165) is 5.56 Å². The Bertz CT molecular complexity index is 999. The van der Waals surface area contributed by atoms with Crippen LogP contribution in [0.15, 0.2) is 47.5 Å². The van der Waals surface area contributed by atoms with E-state index in [2.05, 4.69) is 10.3 Å². The fraction of sp³-hybridized carbons (Fsp3) is 0.118. The number of benzene rings is 2. The number of nitrogens with one attached hydrogen (secondary N) is 1. The average molecular weight is 362 g/mol. The van der Waals surface area contributed by atoms with E-state index in [0.29, 0.717) is 21.2 Å². The molecule has 0 aliphatic heterocycles. The topological polar surface area (TPSA) is 64.0 Å². The number of fused-ring (bicyclic) bond motifs is 1. The predicted octanol–water partition coefficient (Wildman–Crippen LogP) is 3.65. The normalized spacial score (nSPS) is 10.8. The van der Waals surface area contributed by atoms with E-state index >= 15 is 0 Å². The zero-order valence-electron chi connectivity index (χ0n) is 12.7. The lowest BCUT2D eigenvalue weighted by Gasteiger charge is -2.09. The Morgan fingerprint density at radius 1 is 1.25 bits per heavy atom. The average Bonchev–Trinajstić information content (AvgIpc) is 2.50. The Morgan fingerprint density at radius 2 is 2.04 bits per heavy atom. The minimum atomic E-state index is -0.371. The molecule has 1 aromatic heterocycles. The molecule has 0 unspecified atom stereocenters. The number of aromatic nitrogens is 2. The van der Waals surface area contributed by atoms with Gasteiger partial charge >= 0.3 is 0 Å². The van der Waals surface area contributed by atoms with Crippen molar-refractivity contribution in [3.05, 3.63) is 68.7 Å². The van der Waals surface area contributed by atoms with Crippen molar-refractivity contribution in [2.45, 2.75) is 13.5 Å². The number of carbonyl (C=O) groups is 1. The monoisotopic (exact) mass is 361 g/mol. The lowest BCUT2D eigenvalue weighted by atomic mass is 10.2. The molecule has 3 rings (SSSR count). The van der Waals surface area contributed by atoms with E-state index in [1.807, 2.05) is 25.1 Å². The Kier molecular flexibility index (Phi) is 4.55. The molecular weight excluding hydrogens is 349 g/mol. The Morgan fingerprint density at radius 3 is 2.79 bits per heavy atom. The third-order valence-corrected chi connectivity index (χ3v) is 3.97. The maximum Gasteiger partial charge on any atom is 0.261 e. The summed E-state index contributed by atoms with van der Waals surface area (Å²) in [5.74, 6) is -0.322. The molecule has 0 bridgehead atoms. The first-order chi connectivity index (χ1) is 11.4. The predicted molar refractivity (Wildman–Crippen MR) is 95.8 cm³/mol. The number of carbonyl (C=O) groups excluding carboxylic acids is 1. The van der Waals surface area contributed by atoms with Crippen molar-refractivity contribution < 1.29 is 4.79 Å². The smallest absolute Gasteiger partial charge is 0.261 e. The summed E-state index contributed by atoms with van der Waals surface area (Å²) in [7, 11) is 0. The second kappa shape index (κ2) is 6.63. The van der Waals surface area contributed by atoms with Crippen LogP contribution in [-0.2, 0) is 11.3 Å². The van der Waals surface area contributed by atoms with Gasteiger partial charge in [-0.2, -0.15) is 0 Å². The molecule has 0 atom stereocenters. The van der Waals surface area contributed by atoms with Crippen LogP contribution in [0.4, 0.5) is 5.69 Å². The van der Waals surface area contributed by atoms with Gasteiger partial charge in [0.1, 0.15) is 6.54 Å². The lowest BCUT2D eigenvalue weighted by Crippen LogP contribution is -2.28. The standard InChI is InChI=1S/C17H13Cl2N3O2/c1-10-3-2-4-12(5-10)21-15(23)8-22-9-20-16-13(17(22)24)6-11(18)7-14(16)19/h2-7,9H,8H2,1H3,(H,21,23). The Labute approximate surface area is 147 Å².